The molecule has 1 aromatic heterocycles. The zero-order valence-corrected chi connectivity index (χ0v) is 13.6. The molecule has 2 aromatic rings. The second-order valence-corrected chi connectivity index (χ2v) is 7.13. The number of hydrogen-bond donors (Lipinski definition) is 0. The Labute approximate surface area is 129 Å². The van der Waals surface area contributed by atoms with Crippen LogP contribution in [-0.4, -0.2) is 19.7 Å². The van der Waals surface area contributed by atoms with Gasteiger partial charge in [-0.15, -0.1) is 11.6 Å². The van der Waals surface area contributed by atoms with Crippen molar-refractivity contribution in [3.63, 3.8) is 0 Å². The molecule has 112 valence electrons. The van der Waals surface area contributed by atoms with Crippen molar-refractivity contribution in [2.75, 3.05) is 6.26 Å². The Morgan fingerprint density at radius 2 is 1.81 bits per heavy atom. The van der Waals surface area contributed by atoms with Gasteiger partial charge in [0.25, 0.3) is 0 Å². The number of nitrogens with zero attached hydrogens (tertiary/aromatic N) is 1. The standard InChI is InChI=1S/C15H16ClNO3S/c1-10-8-11(2)17-15(14(10)9-16)20-12-4-6-13(7-5-12)21(3,18)19/h4-8H,9H2,1-3H3. The molecule has 1 heterocycles. The number of ether oxygens (including phenoxy) is 1. The first kappa shape index (κ1) is 15.8. The van der Waals surface area contributed by atoms with E-state index in [9.17, 15) is 8.42 Å². The lowest BCUT2D eigenvalue weighted by Gasteiger charge is -2.12. The first-order valence-corrected chi connectivity index (χ1v) is 8.75. The summed E-state index contributed by atoms with van der Waals surface area (Å²) in [5, 5.41) is 0. The van der Waals surface area contributed by atoms with Crippen LogP contribution in [0.3, 0.4) is 0 Å². The maximum atomic E-state index is 11.4. The van der Waals surface area contributed by atoms with E-state index in [2.05, 4.69) is 4.98 Å². The van der Waals surface area contributed by atoms with E-state index in [-0.39, 0.29) is 4.90 Å². The predicted molar refractivity (Wildman–Crippen MR) is 82.9 cm³/mol. The molecule has 0 bridgehead atoms. The van der Waals surface area contributed by atoms with Gasteiger partial charge in [-0.1, -0.05) is 0 Å². The minimum absolute atomic E-state index is 0.251. The summed E-state index contributed by atoms with van der Waals surface area (Å²) in [6.45, 7) is 3.83. The molecular formula is C15H16ClNO3S. The van der Waals surface area contributed by atoms with E-state index in [1.165, 1.54) is 18.4 Å². The van der Waals surface area contributed by atoms with Gasteiger partial charge < -0.3 is 4.74 Å². The molecule has 1 aromatic carbocycles. The third-order valence-corrected chi connectivity index (χ3v) is 4.43. The molecule has 0 saturated carbocycles. The van der Waals surface area contributed by atoms with Crippen molar-refractivity contribution in [3.8, 4) is 11.6 Å². The van der Waals surface area contributed by atoms with Crippen LogP contribution in [-0.2, 0) is 15.7 Å². The monoisotopic (exact) mass is 325 g/mol. The van der Waals surface area contributed by atoms with Crippen LogP contribution in [0.25, 0.3) is 0 Å². The van der Waals surface area contributed by atoms with E-state index in [1.54, 1.807) is 12.1 Å². The van der Waals surface area contributed by atoms with Gasteiger partial charge in [-0.25, -0.2) is 13.4 Å². The summed E-state index contributed by atoms with van der Waals surface area (Å²) in [5.74, 6) is 1.27. The van der Waals surface area contributed by atoms with Crippen molar-refractivity contribution >= 4 is 21.4 Å². The summed E-state index contributed by atoms with van der Waals surface area (Å²) in [6, 6.07) is 8.17. The van der Waals surface area contributed by atoms with Crippen LogP contribution in [0, 0.1) is 13.8 Å². The largest absolute Gasteiger partial charge is 0.439 e. The van der Waals surface area contributed by atoms with Gasteiger partial charge in [0.15, 0.2) is 9.84 Å². The van der Waals surface area contributed by atoms with Crippen LogP contribution in [0.5, 0.6) is 11.6 Å². The van der Waals surface area contributed by atoms with Gasteiger partial charge >= 0.3 is 0 Å². The average Bonchev–Trinajstić information content (AvgIpc) is 2.38. The Morgan fingerprint density at radius 1 is 1.19 bits per heavy atom. The van der Waals surface area contributed by atoms with Crippen LogP contribution in [0.1, 0.15) is 16.8 Å². The van der Waals surface area contributed by atoms with Gasteiger partial charge in [-0.05, 0) is 49.7 Å². The second kappa shape index (κ2) is 6.03. The molecule has 0 N–H and O–H groups in total. The number of benzene rings is 1. The number of hydrogen-bond acceptors (Lipinski definition) is 4. The third kappa shape index (κ3) is 3.74. The molecule has 6 heteroatoms. The zero-order valence-electron chi connectivity index (χ0n) is 12.1. The Hall–Kier alpha value is -1.59. The number of pyridine rings is 1. The van der Waals surface area contributed by atoms with Crippen LogP contribution in [0.2, 0.25) is 0 Å². The summed E-state index contributed by atoms with van der Waals surface area (Å²) in [6.07, 6.45) is 1.17. The van der Waals surface area contributed by atoms with Gasteiger partial charge in [0.2, 0.25) is 5.88 Å². The number of halogens is 1. The van der Waals surface area contributed by atoms with Crippen molar-refractivity contribution in [1.29, 1.82) is 0 Å². The fraction of sp³-hybridized carbons (Fsp3) is 0.267. The first-order chi connectivity index (χ1) is 9.81. The highest BCUT2D eigenvalue weighted by Crippen LogP contribution is 2.28. The van der Waals surface area contributed by atoms with Gasteiger partial charge in [-0.3, -0.25) is 0 Å². The zero-order chi connectivity index (χ0) is 15.6. The maximum absolute atomic E-state index is 11.4. The second-order valence-electron chi connectivity index (χ2n) is 4.84. The van der Waals surface area contributed by atoms with Crippen LogP contribution in [0.15, 0.2) is 35.2 Å². The van der Waals surface area contributed by atoms with E-state index in [0.717, 1.165) is 16.8 Å². The van der Waals surface area contributed by atoms with Crippen molar-refractivity contribution in [2.24, 2.45) is 0 Å². The molecule has 21 heavy (non-hydrogen) atoms. The molecule has 0 spiro atoms. The molecule has 0 fully saturated rings. The molecule has 0 aliphatic rings. The molecule has 0 amide bonds. The van der Waals surface area contributed by atoms with Crippen molar-refractivity contribution < 1.29 is 13.2 Å². The summed E-state index contributed by atoms with van der Waals surface area (Å²) >= 11 is 5.94. The van der Waals surface area contributed by atoms with Crippen molar-refractivity contribution in [2.45, 2.75) is 24.6 Å². The van der Waals surface area contributed by atoms with E-state index in [0.29, 0.717) is 17.5 Å². The lowest BCUT2D eigenvalue weighted by molar-refractivity contribution is 0.456. The molecule has 0 aliphatic heterocycles. The van der Waals surface area contributed by atoms with Crippen LogP contribution >= 0.6 is 11.6 Å². The van der Waals surface area contributed by atoms with E-state index >= 15 is 0 Å². The van der Waals surface area contributed by atoms with Gasteiger partial charge in [-0.2, -0.15) is 0 Å². The summed E-state index contributed by atoms with van der Waals surface area (Å²) in [7, 11) is -3.21. The van der Waals surface area contributed by atoms with Crippen LogP contribution in [0.4, 0.5) is 0 Å². The minimum atomic E-state index is -3.21. The fourth-order valence-corrected chi connectivity index (χ4v) is 2.90. The van der Waals surface area contributed by atoms with E-state index < -0.39 is 9.84 Å². The predicted octanol–water partition coefficient (Wildman–Crippen LogP) is 3.63. The topological polar surface area (TPSA) is 56.3 Å². The third-order valence-electron chi connectivity index (χ3n) is 3.04. The maximum Gasteiger partial charge on any atom is 0.224 e. The SMILES string of the molecule is Cc1cc(C)c(CCl)c(Oc2ccc(S(C)(=O)=O)cc2)n1. The molecule has 0 radical (unpaired) electrons. The average molecular weight is 326 g/mol. The Balaban J connectivity index is 2.34. The van der Waals surface area contributed by atoms with E-state index in [1.807, 2.05) is 19.9 Å². The number of sulfone groups is 1. The van der Waals surface area contributed by atoms with Crippen LogP contribution < -0.4 is 4.74 Å². The Bertz CT molecular complexity index is 755. The molecule has 2 rings (SSSR count). The van der Waals surface area contributed by atoms with Gasteiger partial charge in [0.05, 0.1) is 10.8 Å². The van der Waals surface area contributed by atoms with Gasteiger partial charge in [0, 0.05) is 17.5 Å². The minimum Gasteiger partial charge on any atom is -0.439 e. The molecule has 0 unspecified atom stereocenters. The Morgan fingerprint density at radius 3 is 2.33 bits per heavy atom. The summed E-state index contributed by atoms with van der Waals surface area (Å²) in [4.78, 5) is 4.60. The molecule has 4 nitrogen and oxygen atoms in total. The first-order valence-electron chi connectivity index (χ1n) is 6.32. The Kier molecular flexibility index (Phi) is 4.54. The molecule has 0 saturated heterocycles. The fourth-order valence-electron chi connectivity index (χ4n) is 1.94. The highest BCUT2D eigenvalue weighted by Gasteiger charge is 2.11. The van der Waals surface area contributed by atoms with E-state index in [4.69, 9.17) is 16.3 Å². The number of aryl methyl sites for hydroxylation is 2. The molecule has 0 atom stereocenters. The van der Waals surface area contributed by atoms with Gasteiger partial charge in [0.1, 0.15) is 5.75 Å². The van der Waals surface area contributed by atoms with Crippen molar-refractivity contribution in [3.05, 3.63) is 47.2 Å². The lowest BCUT2D eigenvalue weighted by atomic mass is 10.1. The smallest absolute Gasteiger partial charge is 0.224 e. The highest BCUT2D eigenvalue weighted by molar-refractivity contribution is 7.90. The number of aromatic nitrogens is 1. The number of rotatable bonds is 4. The molecular weight excluding hydrogens is 310 g/mol. The normalized spacial score (nSPS) is 11.4. The quantitative estimate of drug-likeness (QED) is 0.805. The lowest BCUT2D eigenvalue weighted by Crippen LogP contribution is -1.99. The van der Waals surface area contributed by atoms with Crippen molar-refractivity contribution in [1.82, 2.24) is 4.98 Å². The summed E-state index contributed by atoms with van der Waals surface area (Å²) in [5.41, 5.74) is 2.68. The highest BCUT2D eigenvalue weighted by atomic mass is 35.5. The summed E-state index contributed by atoms with van der Waals surface area (Å²) < 4.78 is 28.6. The molecule has 0 aliphatic carbocycles. The number of alkyl halides is 1.